The summed E-state index contributed by atoms with van der Waals surface area (Å²) in [5, 5.41) is 41.9. The van der Waals surface area contributed by atoms with Crippen molar-refractivity contribution in [2.45, 2.75) is 63.3 Å². The normalized spacial score (nSPS) is 30.2. The Morgan fingerprint density at radius 2 is 1.88 bits per heavy atom. The number of alkyl halides is 1. The number of halogens is 1. The number of carbonyl (C=O) groups excluding carboxylic acids is 1. The summed E-state index contributed by atoms with van der Waals surface area (Å²) in [6.45, 7) is 2.11. The van der Waals surface area contributed by atoms with Crippen LogP contribution in [-0.4, -0.2) is 87.6 Å². The van der Waals surface area contributed by atoms with Crippen molar-refractivity contribution in [3.8, 4) is 0 Å². The highest BCUT2D eigenvalue weighted by atomic mass is 35.5. The summed E-state index contributed by atoms with van der Waals surface area (Å²) < 4.78 is 5.47. The van der Waals surface area contributed by atoms with Crippen LogP contribution in [-0.2, 0) is 4.74 Å². The zero-order valence-electron chi connectivity index (χ0n) is 14.0. The van der Waals surface area contributed by atoms with Crippen molar-refractivity contribution < 1.29 is 30.0 Å². The molecule has 8 nitrogen and oxygen atoms in total. The molecule has 0 aromatic rings. The van der Waals surface area contributed by atoms with Crippen molar-refractivity contribution >= 4 is 17.6 Å². The van der Waals surface area contributed by atoms with Gasteiger partial charge in [0.05, 0.1) is 6.61 Å². The molecule has 0 aliphatic carbocycles. The maximum Gasteiger partial charge on any atom is 0.319 e. The molecule has 0 aromatic heterocycles. The molecule has 24 heavy (non-hydrogen) atoms. The van der Waals surface area contributed by atoms with E-state index in [2.05, 4.69) is 12.2 Å². The predicted octanol–water partition coefficient (Wildman–Crippen LogP) is -0.383. The summed E-state index contributed by atoms with van der Waals surface area (Å²) in [5.41, 5.74) is 0. The second-order valence-electron chi connectivity index (χ2n) is 5.89. The van der Waals surface area contributed by atoms with Gasteiger partial charge in [-0.2, -0.15) is 0 Å². The maximum atomic E-state index is 12.4. The van der Waals surface area contributed by atoms with Crippen LogP contribution in [0.1, 0.15) is 32.6 Å². The number of hydrogen-bond acceptors (Lipinski definition) is 6. The number of amides is 2. The van der Waals surface area contributed by atoms with Gasteiger partial charge in [-0.25, -0.2) is 4.79 Å². The van der Waals surface area contributed by atoms with Gasteiger partial charge in [-0.05, 0) is 6.42 Å². The number of unbranched alkanes of at least 4 members (excludes halogenated alkanes) is 3. The smallest absolute Gasteiger partial charge is 0.319 e. The summed E-state index contributed by atoms with van der Waals surface area (Å²) in [6, 6.07) is -0.475. The number of hydrogen-bond donors (Lipinski definition) is 5. The molecule has 5 atom stereocenters. The molecule has 0 aromatic carbocycles. The van der Waals surface area contributed by atoms with E-state index in [1.807, 2.05) is 0 Å². The summed E-state index contributed by atoms with van der Waals surface area (Å²) in [4.78, 5) is 13.6. The monoisotopic (exact) mass is 368 g/mol. The topological polar surface area (TPSA) is 122 Å². The lowest BCUT2D eigenvalue weighted by atomic mass is 9.97. The first kappa shape index (κ1) is 21.4. The Labute approximate surface area is 147 Å². The zero-order valence-corrected chi connectivity index (χ0v) is 14.7. The first-order chi connectivity index (χ1) is 11.5. The Morgan fingerprint density at radius 3 is 2.46 bits per heavy atom. The van der Waals surface area contributed by atoms with Crippen molar-refractivity contribution in [1.82, 2.24) is 10.2 Å². The van der Waals surface area contributed by atoms with E-state index in [4.69, 9.17) is 16.3 Å². The molecule has 9 heteroatoms. The van der Waals surface area contributed by atoms with Gasteiger partial charge in [-0.3, -0.25) is 4.90 Å². The SMILES string of the molecule is CCCCCCN(C(=O)NCCCl)C1O[C@H](CO)[C@@H](O)[C@H](O)[C@H]1O. The fourth-order valence-corrected chi connectivity index (χ4v) is 2.74. The van der Waals surface area contributed by atoms with Crippen molar-refractivity contribution in [3.05, 3.63) is 0 Å². The summed E-state index contributed by atoms with van der Waals surface area (Å²) in [6.07, 6.45) is -2.97. The lowest BCUT2D eigenvalue weighted by molar-refractivity contribution is -0.257. The van der Waals surface area contributed by atoms with Gasteiger partial charge in [0.25, 0.3) is 0 Å². The summed E-state index contributed by atoms with van der Waals surface area (Å²) in [7, 11) is 0. The number of ether oxygens (including phenoxy) is 1. The number of urea groups is 1. The van der Waals surface area contributed by atoms with Crippen LogP contribution in [0.15, 0.2) is 0 Å². The fraction of sp³-hybridized carbons (Fsp3) is 0.933. The molecular formula is C15H29ClN2O6. The third-order valence-electron chi connectivity index (χ3n) is 4.06. The van der Waals surface area contributed by atoms with E-state index in [0.29, 0.717) is 13.0 Å². The second kappa shape index (κ2) is 11.1. The minimum atomic E-state index is -1.51. The van der Waals surface area contributed by atoms with Crippen LogP contribution in [0.5, 0.6) is 0 Å². The molecule has 0 bridgehead atoms. The maximum absolute atomic E-state index is 12.4. The largest absolute Gasteiger partial charge is 0.394 e. The minimum Gasteiger partial charge on any atom is -0.394 e. The quantitative estimate of drug-likeness (QED) is 0.279. The molecular weight excluding hydrogens is 340 g/mol. The molecule has 1 fully saturated rings. The number of nitrogens with zero attached hydrogens (tertiary/aromatic N) is 1. The number of rotatable bonds is 9. The van der Waals surface area contributed by atoms with Crippen molar-refractivity contribution in [1.29, 1.82) is 0 Å². The van der Waals surface area contributed by atoms with Gasteiger partial charge >= 0.3 is 6.03 Å². The average molecular weight is 369 g/mol. The molecule has 142 valence electrons. The Balaban J connectivity index is 2.83. The van der Waals surface area contributed by atoms with Crippen LogP contribution in [0.4, 0.5) is 4.79 Å². The van der Waals surface area contributed by atoms with E-state index in [-0.39, 0.29) is 12.4 Å². The number of aliphatic hydroxyl groups is 4. The first-order valence-electron chi connectivity index (χ1n) is 8.38. The molecule has 0 radical (unpaired) electrons. The summed E-state index contributed by atoms with van der Waals surface area (Å²) >= 11 is 5.58. The zero-order chi connectivity index (χ0) is 18.1. The van der Waals surface area contributed by atoms with Gasteiger partial charge in [0, 0.05) is 19.0 Å². The Hall–Kier alpha value is -0.640. The molecule has 1 heterocycles. The van der Waals surface area contributed by atoms with Crippen LogP contribution in [0, 0.1) is 0 Å². The van der Waals surface area contributed by atoms with Crippen LogP contribution in [0.25, 0.3) is 0 Å². The minimum absolute atomic E-state index is 0.240. The van der Waals surface area contributed by atoms with E-state index < -0.39 is 43.3 Å². The third kappa shape index (κ3) is 5.72. The molecule has 1 aliphatic rings. The van der Waals surface area contributed by atoms with Crippen molar-refractivity contribution in [2.75, 3.05) is 25.6 Å². The van der Waals surface area contributed by atoms with E-state index in [9.17, 15) is 25.2 Å². The Morgan fingerprint density at radius 1 is 1.17 bits per heavy atom. The van der Waals surface area contributed by atoms with Gasteiger partial charge in [0.2, 0.25) is 0 Å². The number of carbonyl (C=O) groups is 1. The van der Waals surface area contributed by atoms with E-state index >= 15 is 0 Å². The molecule has 1 rings (SSSR count). The van der Waals surface area contributed by atoms with Crippen molar-refractivity contribution in [3.63, 3.8) is 0 Å². The van der Waals surface area contributed by atoms with Crippen LogP contribution in [0.3, 0.4) is 0 Å². The molecule has 0 spiro atoms. The predicted molar refractivity (Wildman–Crippen MR) is 88.7 cm³/mol. The first-order valence-corrected chi connectivity index (χ1v) is 8.92. The van der Waals surface area contributed by atoms with E-state index in [0.717, 1.165) is 19.3 Å². The van der Waals surface area contributed by atoms with Gasteiger partial charge < -0.3 is 30.5 Å². The van der Waals surface area contributed by atoms with E-state index in [1.54, 1.807) is 0 Å². The number of nitrogens with one attached hydrogen (secondary N) is 1. The van der Waals surface area contributed by atoms with Gasteiger partial charge in [-0.15, -0.1) is 11.6 Å². The van der Waals surface area contributed by atoms with Crippen LogP contribution < -0.4 is 5.32 Å². The summed E-state index contributed by atoms with van der Waals surface area (Å²) in [5.74, 6) is 0.240. The molecule has 2 amide bonds. The molecule has 1 saturated heterocycles. The third-order valence-corrected chi connectivity index (χ3v) is 4.25. The lowest BCUT2D eigenvalue weighted by Crippen LogP contribution is -2.65. The van der Waals surface area contributed by atoms with Gasteiger partial charge in [0.15, 0.2) is 6.23 Å². The highest BCUT2D eigenvalue weighted by Crippen LogP contribution is 2.24. The fourth-order valence-electron chi connectivity index (χ4n) is 2.65. The van der Waals surface area contributed by atoms with Gasteiger partial charge in [-0.1, -0.05) is 26.2 Å². The second-order valence-corrected chi connectivity index (χ2v) is 6.27. The highest BCUT2D eigenvalue weighted by Gasteiger charge is 2.46. The highest BCUT2D eigenvalue weighted by molar-refractivity contribution is 6.18. The molecule has 0 saturated carbocycles. The van der Waals surface area contributed by atoms with Crippen molar-refractivity contribution in [2.24, 2.45) is 0 Å². The molecule has 5 N–H and O–H groups in total. The molecule has 1 aliphatic heterocycles. The lowest BCUT2D eigenvalue weighted by Gasteiger charge is -2.44. The average Bonchev–Trinajstić information content (AvgIpc) is 2.59. The van der Waals surface area contributed by atoms with Gasteiger partial charge in [0.1, 0.15) is 24.4 Å². The Bertz CT molecular complexity index is 374. The molecule has 1 unspecified atom stereocenters. The van der Waals surface area contributed by atoms with E-state index in [1.165, 1.54) is 4.90 Å². The Kier molecular flexibility index (Phi) is 9.87. The number of aliphatic hydroxyl groups excluding tert-OH is 4. The van der Waals surface area contributed by atoms with Crippen LogP contribution >= 0.6 is 11.6 Å². The standard InChI is InChI=1S/C15H29ClN2O6/c1-2-3-4-5-8-18(15(23)17-7-6-16)14-13(22)12(21)11(20)10(9-19)24-14/h10-14,19-22H,2-9H2,1H3,(H,17,23)/t10-,11-,12+,13-,14?/m1/s1. The van der Waals surface area contributed by atoms with Crippen LogP contribution in [0.2, 0.25) is 0 Å².